The van der Waals surface area contributed by atoms with E-state index in [1.807, 2.05) is 36.4 Å². The predicted molar refractivity (Wildman–Crippen MR) is 229 cm³/mol. The first-order valence-electron chi connectivity index (χ1n) is 18.7. The van der Waals surface area contributed by atoms with Crippen molar-refractivity contribution in [2.24, 2.45) is 9.98 Å². The molecular formula is C51H33N3O. The molecule has 4 nitrogen and oxygen atoms in total. The number of hydrogen-bond donors (Lipinski definition) is 1. The average molecular weight is 704 g/mol. The van der Waals surface area contributed by atoms with Crippen LogP contribution in [0.2, 0.25) is 0 Å². The minimum Gasteiger partial charge on any atom is -0.456 e. The molecule has 1 aliphatic heterocycles. The summed E-state index contributed by atoms with van der Waals surface area (Å²) < 4.78 is 6.45. The number of fused-ring (bicyclic) bond motifs is 9. The average Bonchev–Trinajstić information content (AvgIpc) is 3.64. The molecule has 9 aromatic carbocycles. The molecule has 55 heavy (non-hydrogen) atoms. The van der Waals surface area contributed by atoms with Crippen molar-refractivity contribution in [1.82, 2.24) is 5.32 Å². The third-order valence-electron chi connectivity index (χ3n) is 10.9. The zero-order chi connectivity index (χ0) is 36.3. The smallest absolute Gasteiger partial charge is 0.159 e. The highest BCUT2D eigenvalue weighted by Crippen LogP contribution is 2.38. The number of nitrogens with one attached hydrogen (secondary N) is 1. The first-order chi connectivity index (χ1) is 27.2. The summed E-state index contributed by atoms with van der Waals surface area (Å²) in [7, 11) is 0. The summed E-state index contributed by atoms with van der Waals surface area (Å²) in [6.45, 7) is 0. The lowest BCUT2D eigenvalue weighted by Gasteiger charge is -2.23. The summed E-state index contributed by atoms with van der Waals surface area (Å²) in [4.78, 5) is 10.1. The Kier molecular flexibility index (Phi) is 7.20. The number of rotatable bonds is 5. The summed E-state index contributed by atoms with van der Waals surface area (Å²) in [6.07, 6.45) is -0.259. The molecule has 1 aliphatic rings. The van der Waals surface area contributed by atoms with Gasteiger partial charge in [0.05, 0.1) is 0 Å². The first-order valence-corrected chi connectivity index (χ1v) is 18.7. The summed E-state index contributed by atoms with van der Waals surface area (Å²) in [5, 5.41) is 13.4. The molecule has 0 radical (unpaired) electrons. The first kappa shape index (κ1) is 31.2. The zero-order valence-corrected chi connectivity index (χ0v) is 29.8. The Hall–Kier alpha value is -7.30. The highest BCUT2D eigenvalue weighted by atomic mass is 16.3. The molecule has 10 aromatic rings. The van der Waals surface area contributed by atoms with Crippen molar-refractivity contribution >= 4 is 65.9 Å². The van der Waals surface area contributed by atoms with E-state index in [1.165, 1.54) is 43.4 Å². The van der Waals surface area contributed by atoms with Gasteiger partial charge in [-0.05, 0) is 90.5 Å². The fourth-order valence-corrected chi connectivity index (χ4v) is 8.17. The lowest BCUT2D eigenvalue weighted by atomic mass is 9.92. The third kappa shape index (κ3) is 5.38. The largest absolute Gasteiger partial charge is 0.456 e. The highest BCUT2D eigenvalue weighted by molar-refractivity contribution is 6.25. The molecule has 0 bridgehead atoms. The van der Waals surface area contributed by atoms with Crippen LogP contribution in [-0.2, 0) is 0 Å². The van der Waals surface area contributed by atoms with Crippen LogP contribution in [0.25, 0.3) is 76.5 Å². The molecule has 0 saturated heterocycles. The van der Waals surface area contributed by atoms with E-state index in [0.717, 1.165) is 55.6 Å². The van der Waals surface area contributed by atoms with Crippen LogP contribution >= 0.6 is 0 Å². The van der Waals surface area contributed by atoms with Gasteiger partial charge < -0.3 is 9.73 Å². The Balaban J connectivity index is 0.933. The van der Waals surface area contributed by atoms with Gasteiger partial charge in [-0.3, -0.25) is 0 Å². The summed E-state index contributed by atoms with van der Waals surface area (Å²) >= 11 is 0. The summed E-state index contributed by atoms with van der Waals surface area (Å²) in [6, 6.07) is 66.5. The maximum Gasteiger partial charge on any atom is 0.159 e. The molecular weight excluding hydrogens is 671 g/mol. The molecule has 0 fully saturated rings. The van der Waals surface area contributed by atoms with Crippen molar-refractivity contribution in [3.05, 3.63) is 205 Å². The second kappa shape index (κ2) is 12.7. The number of amidine groups is 2. The SMILES string of the molecule is c1ccc(C2=NC(c3ccc4c(c3)oc3ccc(-c5ccc(-c6ccc7c8ccccc8c8ccccc8c7c6)cc5)cc34)=NC(c3ccccc3)N2)cc1. The van der Waals surface area contributed by atoms with E-state index >= 15 is 0 Å². The van der Waals surface area contributed by atoms with Crippen molar-refractivity contribution in [2.45, 2.75) is 6.17 Å². The predicted octanol–water partition coefficient (Wildman–Crippen LogP) is 12.9. The van der Waals surface area contributed by atoms with Crippen molar-refractivity contribution in [3.8, 4) is 22.3 Å². The molecule has 0 amide bonds. The van der Waals surface area contributed by atoms with E-state index in [9.17, 15) is 0 Å². The van der Waals surface area contributed by atoms with Crippen LogP contribution in [-0.4, -0.2) is 11.7 Å². The third-order valence-corrected chi connectivity index (χ3v) is 10.9. The van der Waals surface area contributed by atoms with Gasteiger partial charge in [-0.1, -0.05) is 158 Å². The summed E-state index contributed by atoms with van der Waals surface area (Å²) in [5.41, 5.74) is 9.37. The minimum atomic E-state index is -0.259. The van der Waals surface area contributed by atoms with Crippen LogP contribution in [0, 0.1) is 0 Å². The van der Waals surface area contributed by atoms with Gasteiger partial charge in [-0.25, -0.2) is 9.98 Å². The topological polar surface area (TPSA) is 49.9 Å². The Labute approximate surface area is 317 Å². The van der Waals surface area contributed by atoms with E-state index in [4.69, 9.17) is 14.4 Å². The quantitative estimate of drug-likeness (QED) is 0.181. The fraction of sp³-hybridized carbons (Fsp3) is 0.0196. The van der Waals surface area contributed by atoms with Crippen LogP contribution in [0.3, 0.4) is 0 Å². The molecule has 258 valence electrons. The van der Waals surface area contributed by atoms with Crippen LogP contribution in [0.15, 0.2) is 202 Å². The van der Waals surface area contributed by atoms with Gasteiger partial charge in [0.2, 0.25) is 0 Å². The van der Waals surface area contributed by atoms with E-state index in [-0.39, 0.29) is 6.17 Å². The molecule has 1 N–H and O–H groups in total. The second-order valence-corrected chi connectivity index (χ2v) is 14.2. The van der Waals surface area contributed by atoms with Crippen molar-refractivity contribution in [3.63, 3.8) is 0 Å². The zero-order valence-electron chi connectivity index (χ0n) is 29.8. The number of furan rings is 1. The van der Waals surface area contributed by atoms with Gasteiger partial charge >= 0.3 is 0 Å². The molecule has 0 spiro atoms. The molecule has 11 rings (SSSR count). The summed E-state index contributed by atoms with van der Waals surface area (Å²) in [5.74, 6) is 1.46. The van der Waals surface area contributed by atoms with Gasteiger partial charge in [0.25, 0.3) is 0 Å². The minimum absolute atomic E-state index is 0.259. The van der Waals surface area contributed by atoms with Crippen molar-refractivity contribution in [1.29, 1.82) is 0 Å². The normalized spacial score (nSPS) is 14.4. The van der Waals surface area contributed by atoms with Gasteiger partial charge in [0, 0.05) is 21.9 Å². The number of nitrogens with zero attached hydrogens (tertiary/aromatic N) is 2. The number of benzene rings is 9. The van der Waals surface area contributed by atoms with Gasteiger partial charge in [-0.15, -0.1) is 0 Å². The molecule has 0 aliphatic carbocycles. The van der Waals surface area contributed by atoms with Crippen molar-refractivity contribution in [2.75, 3.05) is 0 Å². The van der Waals surface area contributed by atoms with Crippen LogP contribution in [0.1, 0.15) is 22.9 Å². The van der Waals surface area contributed by atoms with Crippen molar-refractivity contribution < 1.29 is 4.42 Å². The Morgan fingerprint density at radius 3 is 1.55 bits per heavy atom. The lowest BCUT2D eigenvalue weighted by molar-refractivity contribution is 0.667. The molecule has 4 heteroatoms. The fourth-order valence-electron chi connectivity index (χ4n) is 8.17. The van der Waals surface area contributed by atoms with Gasteiger partial charge in [-0.2, -0.15) is 0 Å². The number of hydrogen-bond acceptors (Lipinski definition) is 4. The lowest BCUT2D eigenvalue weighted by Crippen LogP contribution is -2.33. The maximum atomic E-state index is 6.45. The van der Waals surface area contributed by atoms with E-state index in [1.54, 1.807) is 0 Å². The highest BCUT2D eigenvalue weighted by Gasteiger charge is 2.22. The van der Waals surface area contributed by atoms with E-state index in [2.05, 4.69) is 157 Å². The van der Waals surface area contributed by atoms with Crippen LogP contribution < -0.4 is 5.32 Å². The molecule has 2 heterocycles. The molecule has 0 saturated carbocycles. The standard InChI is InChI=1S/C51H33N3O/c1-3-11-34(12-4-1)49-52-50(35-13-5-2-6-14-35)54-51(53-49)38-24-27-44-46-30-37(25-28-47(46)55-48(44)31-38)33-21-19-32(20-22-33)36-23-26-43-41-17-8-7-15-39(41)40-16-9-10-18-42(40)45(43)29-36/h1-31,49H,(H,52,53,54). The molecule has 1 atom stereocenters. The Morgan fingerprint density at radius 1 is 0.364 bits per heavy atom. The molecule has 1 aromatic heterocycles. The molecule has 1 unspecified atom stereocenters. The van der Waals surface area contributed by atoms with Gasteiger partial charge in [0.1, 0.15) is 23.2 Å². The second-order valence-electron chi connectivity index (χ2n) is 14.2. The number of aliphatic imine (C=N–C) groups is 2. The Morgan fingerprint density at radius 2 is 0.873 bits per heavy atom. The van der Waals surface area contributed by atoms with Crippen LogP contribution in [0.4, 0.5) is 0 Å². The monoisotopic (exact) mass is 703 g/mol. The maximum absolute atomic E-state index is 6.45. The van der Waals surface area contributed by atoms with Gasteiger partial charge in [0.15, 0.2) is 5.84 Å². The van der Waals surface area contributed by atoms with Crippen LogP contribution in [0.5, 0.6) is 0 Å². The van der Waals surface area contributed by atoms with E-state index < -0.39 is 0 Å². The Bertz CT molecular complexity index is 3120. The van der Waals surface area contributed by atoms with E-state index in [0.29, 0.717) is 5.84 Å².